The summed E-state index contributed by atoms with van der Waals surface area (Å²) in [6.45, 7) is 0.592. The van der Waals surface area contributed by atoms with Gasteiger partial charge in [-0.2, -0.15) is 0 Å². The van der Waals surface area contributed by atoms with Crippen LogP contribution in [-0.2, 0) is 16.3 Å². The number of halogens is 4. The molecule has 33 heavy (non-hydrogen) atoms. The molecular formula is C21H21ClF3N3O5. The minimum Gasteiger partial charge on any atom is -0.495 e. The highest BCUT2D eigenvalue weighted by molar-refractivity contribution is 6.32. The number of nitrogens with one attached hydrogen (secondary N) is 1. The van der Waals surface area contributed by atoms with E-state index in [2.05, 4.69) is 15.0 Å². The van der Waals surface area contributed by atoms with E-state index in [9.17, 15) is 13.2 Å². The lowest BCUT2D eigenvalue weighted by Gasteiger charge is -2.18. The summed E-state index contributed by atoms with van der Waals surface area (Å²) in [7, 11) is 3.26. The summed E-state index contributed by atoms with van der Waals surface area (Å²) in [5.74, 6) is 0.719. The van der Waals surface area contributed by atoms with Crippen LogP contribution in [0.2, 0.25) is 5.02 Å². The predicted molar refractivity (Wildman–Crippen MR) is 114 cm³/mol. The second-order valence-electron chi connectivity index (χ2n) is 6.71. The molecule has 12 heteroatoms. The Hall–Kier alpha value is -3.15. The monoisotopic (exact) mass is 487 g/mol. The van der Waals surface area contributed by atoms with Crippen molar-refractivity contribution >= 4 is 18.0 Å². The van der Waals surface area contributed by atoms with Gasteiger partial charge in [-0.15, -0.1) is 13.2 Å². The third-order valence-electron chi connectivity index (χ3n) is 4.29. The van der Waals surface area contributed by atoms with Crippen LogP contribution in [0, 0.1) is 0 Å². The van der Waals surface area contributed by atoms with E-state index in [1.807, 2.05) is 6.07 Å². The van der Waals surface area contributed by atoms with Gasteiger partial charge in [0, 0.05) is 19.7 Å². The number of ether oxygens (including phenoxy) is 3. The Balaban J connectivity index is 1.73. The van der Waals surface area contributed by atoms with E-state index in [0.29, 0.717) is 28.8 Å². The van der Waals surface area contributed by atoms with Gasteiger partial charge in [-0.1, -0.05) is 23.7 Å². The number of alkyl halides is 3. The van der Waals surface area contributed by atoms with Gasteiger partial charge in [0.25, 0.3) is 0 Å². The van der Waals surface area contributed by atoms with Gasteiger partial charge >= 0.3 is 6.36 Å². The van der Waals surface area contributed by atoms with Crippen LogP contribution in [0.4, 0.5) is 13.2 Å². The lowest BCUT2D eigenvalue weighted by Crippen LogP contribution is -2.24. The van der Waals surface area contributed by atoms with Crippen molar-refractivity contribution in [3.8, 4) is 17.2 Å². The smallest absolute Gasteiger partial charge is 0.495 e. The molecule has 1 aliphatic heterocycles. The molecule has 178 valence electrons. The Morgan fingerprint density at radius 2 is 1.97 bits per heavy atom. The highest BCUT2D eigenvalue weighted by Gasteiger charge is 2.31. The molecule has 1 N–H and O–H groups in total. The summed E-state index contributed by atoms with van der Waals surface area (Å²) in [6, 6.07) is 10.5. The maximum atomic E-state index is 12.4. The standard InChI is InChI=1S/C21H21ClF3N3O5/c1-28-13-32-31-11-18(26-10-14-6-7-17(22)19(8-14)29-2)20(28)27-12-30-15-4-3-5-16(9-15)33-21(23,24)25/h3-9,12,26H,10-11,13H2,1-2H3/b27-12+. The Morgan fingerprint density at radius 1 is 1.18 bits per heavy atom. The molecule has 8 nitrogen and oxygen atoms in total. The molecule has 3 rings (SSSR count). The van der Waals surface area contributed by atoms with Crippen molar-refractivity contribution in [1.29, 1.82) is 0 Å². The van der Waals surface area contributed by atoms with E-state index < -0.39 is 12.1 Å². The molecule has 0 spiro atoms. The topological polar surface area (TPSA) is 73.8 Å². The van der Waals surface area contributed by atoms with Crippen molar-refractivity contribution in [2.75, 3.05) is 27.5 Å². The summed E-state index contributed by atoms with van der Waals surface area (Å²) >= 11 is 6.06. The van der Waals surface area contributed by atoms with Crippen LogP contribution in [0.1, 0.15) is 5.56 Å². The maximum Gasteiger partial charge on any atom is 0.573 e. The molecule has 1 heterocycles. The molecule has 2 aromatic rings. The zero-order valence-electron chi connectivity index (χ0n) is 17.7. The second kappa shape index (κ2) is 11.1. The zero-order valence-corrected chi connectivity index (χ0v) is 18.4. The van der Waals surface area contributed by atoms with Crippen molar-refractivity contribution < 1.29 is 37.2 Å². The van der Waals surface area contributed by atoms with E-state index in [-0.39, 0.29) is 19.1 Å². The molecule has 0 aliphatic carbocycles. The van der Waals surface area contributed by atoms with Gasteiger partial charge in [-0.05, 0) is 29.8 Å². The first-order valence-electron chi connectivity index (χ1n) is 9.55. The molecule has 0 atom stereocenters. The minimum absolute atomic E-state index is 0.0800. The van der Waals surface area contributed by atoms with Gasteiger partial charge in [-0.3, -0.25) is 0 Å². The first-order valence-corrected chi connectivity index (χ1v) is 9.93. The van der Waals surface area contributed by atoms with E-state index in [0.717, 1.165) is 18.0 Å². The summed E-state index contributed by atoms with van der Waals surface area (Å²) < 4.78 is 51.7. The molecule has 0 radical (unpaired) electrons. The number of nitrogens with zero attached hydrogens (tertiary/aromatic N) is 2. The predicted octanol–water partition coefficient (Wildman–Crippen LogP) is 4.46. The van der Waals surface area contributed by atoms with Gasteiger partial charge in [-0.25, -0.2) is 14.8 Å². The van der Waals surface area contributed by atoms with Crippen LogP contribution in [0.15, 0.2) is 59.0 Å². The summed E-state index contributed by atoms with van der Waals surface area (Å²) in [5.41, 5.74) is 1.50. The summed E-state index contributed by atoms with van der Waals surface area (Å²) in [5, 5.41) is 3.73. The average molecular weight is 488 g/mol. The average Bonchev–Trinajstić information content (AvgIpc) is 2.93. The largest absolute Gasteiger partial charge is 0.573 e. The number of aliphatic imine (C=N–C) groups is 1. The van der Waals surface area contributed by atoms with Crippen LogP contribution in [0.25, 0.3) is 0 Å². The van der Waals surface area contributed by atoms with Gasteiger partial charge < -0.3 is 24.4 Å². The van der Waals surface area contributed by atoms with E-state index in [1.165, 1.54) is 25.3 Å². The fourth-order valence-corrected chi connectivity index (χ4v) is 2.98. The van der Waals surface area contributed by atoms with Crippen LogP contribution >= 0.6 is 11.6 Å². The zero-order chi connectivity index (χ0) is 23.8. The highest BCUT2D eigenvalue weighted by Crippen LogP contribution is 2.27. The van der Waals surface area contributed by atoms with Crippen molar-refractivity contribution in [1.82, 2.24) is 10.2 Å². The second-order valence-corrected chi connectivity index (χ2v) is 7.11. The Labute approximate surface area is 193 Å². The van der Waals surface area contributed by atoms with Crippen LogP contribution in [0.3, 0.4) is 0 Å². The molecular weight excluding hydrogens is 467 g/mol. The number of methoxy groups -OCH3 is 1. The van der Waals surface area contributed by atoms with Crippen LogP contribution in [0.5, 0.6) is 17.2 Å². The van der Waals surface area contributed by atoms with E-state index in [4.69, 9.17) is 30.8 Å². The van der Waals surface area contributed by atoms with Crippen molar-refractivity contribution in [2.45, 2.75) is 12.9 Å². The normalized spacial score (nSPS) is 14.9. The van der Waals surface area contributed by atoms with Crippen molar-refractivity contribution in [3.05, 3.63) is 64.6 Å². The number of rotatable bonds is 8. The van der Waals surface area contributed by atoms with Crippen LogP contribution < -0.4 is 19.5 Å². The Kier molecular flexibility index (Phi) is 8.26. The molecule has 0 amide bonds. The lowest BCUT2D eigenvalue weighted by molar-refractivity contribution is -0.300. The van der Waals surface area contributed by atoms with Crippen molar-refractivity contribution in [2.24, 2.45) is 4.99 Å². The molecule has 0 saturated carbocycles. The molecule has 0 saturated heterocycles. The van der Waals surface area contributed by atoms with Gasteiger partial charge in [0.1, 0.15) is 23.9 Å². The number of hydrogen-bond acceptors (Lipinski definition) is 8. The molecule has 2 aromatic carbocycles. The first-order chi connectivity index (χ1) is 15.7. The van der Waals surface area contributed by atoms with Crippen LogP contribution in [-0.4, -0.2) is 45.2 Å². The minimum atomic E-state index is -4.80. The summed E-state index contributed by atoms with van der Waals surface area (Å²) in [4.78, 5) is 16.2. The van der Waals surface area contributed by atoms with Gasteiger partial charge in [0.2, 0.25) is 0 Å². The van der Waals surface area contributed by atoms with Gasteiger partial charge in [0.15, 0.2) is 19.0 Å². The molecule has 1 aliphatic rings. The fourth-order valence-electron chi connectivity index (χ4n) is 2.78. The first kappa shape index (κ1) is 24.5. The third-order valence-corrected chi connectivity index (χ3v) is 4.60. The SMILES string of the molecule is COc1cc(CNC2=C(/N=C/Oc3cccc(OC(F)(F)F)c3)N(C)COOC2)ccc1Cl. The van der Waals surface area contributed by atoms with Gasteiger partial charge in [0.05, 0.1) is 17.8 Å². The molecule has 0 unspecified atom stereocenters. The molecule has 0 fully saturated rings. The quantitative estimate of drug-likeness (QED) is 0.335. The number of hydrogen-bond donors (Lipinski definition) is 1. The van der Waals surface area contributed by atoms with E-state index in [1.54, 1.807) is 24.1 Å². The molecule has 0 bridgehead atoms. The third kappa shape index (κ3) is 7.45. The Morgan fingerprint density at radius 3 is 2.73 bits per heavy atom. The lowest BCUT2D eigenvalue weighted by atomic mass is 10.2. The number of benzene rings is 2. The van der Waals surface area contributed by atoms with E-state index >= 15 is 0 Å². The maximum absolute atomic E-state index is 12.4. The molecule has 0 aromatic heterocycles. The fraction of sp³-hybridized carbons (Fsp3) is 0.286. The summed E-state index contributed by atoms with van der Waals surface area (Å²) in [6.07, 6.45) is -3.69. The Bertz CT molecular complexity index is 1020. The van der Waals surface area contributed by atoms with Crippen molar-refractivity contribution in [3.63, 3.8) is 0 Å². The highest BCUT2D eigenvalue weighted by atomic mass is 35.5.